The Morgan fingerprint density at radius 1 is 0.944 bits per heavy atom. The molecule has 1 unspecified atom stereocenters. The van der Waals surface area contributed by atoms with Gasteiger partial charge in [-0.15, -0.1) is 0 Å². The van der Waals surface area contributed by atoms with Crippen molar-refractivity contribution >= 4 is 0 Å². The van der Waals surface area contributed by atoms with Crippen LogP contribution in [0.4, 0.5) is 35.1 Å². The maximum absolute atomic E-state index is 13.4. The lowest BCUT2D eigenvalue weighted by Crippen LogP contribution is -2.44. The first-order chi connectivity index (χ1) is 8.01. The fourth-order valence-electron chi connectivity index (χ4n) is 1.19. The number of hydrogen-bond donors (Lipinski definition) is 1. The van der Waals surface area contributed by atoms with Crippen LogP contribution in [0, 0.1) is 11.6 Å². The molecule has 0 bridgehead atoms. The maximum atomic E-state index is 13.4. The van der Waals surface area contributed by atoms with Gasteiger partial charge in [0.05, 0.1) is 0 Å². The van der Waals surface area contributed by atoms with Crippen molar-refractivity contribution in [3.63, 3.8) is 0 Å². The molecule has 1 aromatic rings. The quantitative estimate of drug-likeness (QED) is 0.820. The molecule has 102 valence electrons. The summed E-state index contributed by atoms with van der Waals surface area (Å²) >= 11 is 0. The van der Waals surface area contributed by atoms with Gasteiger partial charge in [0, 0.05) is 5.56 Å². The number of phenols is 1. The van der Waals surface area contributed by atoms with Gasteiger partial charge in [-0.3, -0.25) is 0 Å². The van der Waals surface area contributed by atoms with Gasteiger partial charge >= 0.3 is 6.18 Å². The van der Waals surface area contributed by atoms with E-state index in [4.69, 9.17) is 5.11 Å². The molecule has 0 spiro atoms. The average molecular weight is 280 g/mol. The second-order valence-corrected chi connectivity index (χ2v) is 3.30. The van der Waals surface area contributed by atoms with Crippen molar-refractivity contribution in [2.75, 3.05) is 0 Å². The predicted octanol–water partition coefficient (Wildman–Crippen LogP) is 3.66. The van der Waals surface area contributed by atoms with Gasteiger partial charge in [0.25, 0.3) is 12.1 Å². The number of aromatic hydroxyl groups is 1. The molecule has 0 fully saturated rings. The highest BCUT2D eigenvalue weighted by Gasteiger charge is 2.64. The van der Waals surface area contributed by atoms with Crippen molar-refractivity contribution < 1.29 is 40.2 Å². The van der Waals surface area contributed by atoms with Crippen LogP contribution in [0.3, 0.4) is 0 Å². The zero-order valence-electron chi connectivity index (χ0n) is 8.20. The van der Waals surface area contributed by atoms with Gasteiger partial charge in [-0.2, -0.15) is 13.2 Å². The highest BCUT2D eigenvalue weighted by Crippen LogP contribution is 2.47. The average Bonchev–Trinajstić information content (AvgIpc) is 2.21. The number of hydrogen-bond acceptors (Lipinski definition) is 1. The Balaban J connectivity index is 3.51. The summed E-state index contributed by atoms with van der Waals surface area (Å²) in [6, 6.07) is -0.671. The van der Waals surface area contributed by atoms with Gasteiger partial charge in [-0.1, -0.05) is 0 Å². The molecular formula is C9H4F8O. The maximum Gasteiger partial charge on any atom is 0.432 e. The van der Waals surface area contributed by atoms with Gasteiger partial charge in [-0.25, -0.2) is 22.0 Å². The second kappa shape index (κ2) is 4.29. The lowest BCUT2D eigenvalue weighted by atomic mass is 9.95. The van der Waals surface area contributed by atoms with E-state index in [-0.39, 0.29) is 12.1 Å². The SMILES string of the molecule is Oc1c(F)cc(C(F)(C(F)F)C(F)(F)F)cc1F. The molecular weight excluding hydrogens is 276 g/mol. The van der Waals surface area contributed by atoms with Crippen LogP contribution in [0.25, 0.3) is 0 Å². The molecule has 1 nitrogen and oxygen atoms in total. The van der Waals surface area contributed by atoms with E-state index in [1.54, 1.807) is 0 Å². The molecule has 0 radical (unpaired) electrons. The Kier molecular flexibility index (Phi) is 3.46. The Morgan fingerprint density at radius 2 is 1.33 bits per heavy atom. The molecule has 0 saturated heterocycles. The third-order valence-corrected chi connectivity index (χ3v) is 2.15. The van der Waals surface area contributed by atoms with E-state index in [1.807, 2.05) is 0 Å². The molecule has 0 aliphatic heterocycles. The Hall–Kier alpha value is -1.54. The van der Waals surface area contributed by atoms with Gasteiger partial charge in [0.15, 0.2) is 17.4 Å². The van der Waals surface area contributed by atoms with E-state index >= 15 is 0 Å². The summed E-state index contributed by atoms with van der Waals surface area (Å²) in [5.74, 6) is -5.63. The van der Waals surface area contributed by atoms with E-state index in [1.165, 1.54) is 0 Å². The fourth-order valence-corrected chi connectivity index (χ4v) is 1.19. The molecule has 1 aromatic carbocycles. The molecule has 1 rings (SSSR count). The Bertz CT molecular complexity index is 431. The molecule has 9 heteroatoms. The van der Waals surface area contributed by atoms with Gasteiger partial charge < -0.3 is 5.11 Å². The highest BCUT2D eigenvalue weighted by molar-refractivity contribution is 5.34. The predicted molar refractivity (Wildman–Crippen MR) is 42.9 cm³/mol. The Morgan fingerprint density at radius 3 is 1.61 bits per heavy atom. The lowest BCUT2D eigenvalue weighted by molar-refractivity contribution is -0.274. The molecule has 18 heavy (non-hydrogen) atoms. The molecule has 0 aromatic heterocycles. The second-order valence-electron chi connectivity index (χ2n) is 3.30. The normalized spacial score (nSPS) is 15.8. The van der Waals surface area contributed by atoms with Crippen molar-refractivity contribution in [1.82, 2.24) is 0 Å². The minimum absolute atomic E-state index is 0.335. The van der Waals surface area contributed by atoms with Crippen LogP contribution in [0.5, 0.6) is 5.75 Å². The summed E-state index contributed by atoms with van der Waals surface area (Å²) in [5, 5.41) is 8.60. The van der Waals surface area contributed by atoms with Crippen molar-refractivity contribution in [2.24, 2.45) is 0 Å². The van der Waals surface area contributed by atoms with E-state index in [0.29, 0.717) is 0 Å². The molecule has 1 N–H and O–H groups in total. The standard InChI is InChI=1S/C9H4F8O/c10-4-1-3(2-5(11)6(4)18)8(14,7(12)13)9(15,16)17/h1-2,7,18H. The van der Waals surface area contributed by atoms with Crippen LogP contribution in [0.15, 0.2) is 12.1 Å². The third-order valence-electron chi connectivity index (χ3n) is 2.15. The van der Waals surface area contributed by atoms with Crippen molar-refractivity contribution in [2.45, 2.75) is 18.3 Å². The number of benzene rings is 1. The van der Waals surface area contributed by atoms with Gasteiger partial charge in [-0.05, 0) is 12.1 Å². The molecule has 0 aliphatic rings. The zero-order valence-corrected chi connectivity index (χ0v) is 8.20. The molecule has 0 aliphatic carbocycles. The molecule has 1 atom stereocenters. The first kappa shape index (κ1) is 14.5. The van der Waals surface area contributed by atoms with Crippen LogP contribution in [-0.4, -0.2) is 17.7 Å². The zero-order chi connectivity index (χ0) is 14.3. The number of phenolic OH excluding ortho intramolecular Hbond substituents is 1. The van der Waals surface area contributed by atoms with E-state index in [0.717, 1.165) is 0 Å². The number of halogens is 8. The third kappa shape index (κ3) is 2.08. The van der Waals surface area contributed by atoms with Crippen LogP contribution < -0.4 is 0 Å². The molecule has 0 saturated carbocycles. The number of rotatable bonds is 2. The largest absolute Gasteiger partial charge is 0.503 e. The van der Waals surface area contributed by atoms with Gasteiger partial charge in [0.2, 0.25) is 0 Å². The number of alkyl halides is 6. The van der Waals surface area contributed by atoms with Crippen LogP contribution in [0.2, 0.25) is 0 Å². The van der Waals surface area contributed by atoms with Crippen LogP contribution >= 0.6 is 0 Å². The highest BCUT2D eigenvalue weighted by atomic mass is 19.4. The first-order valence-corrected chi connectivity index (χ1v) is 4.24. The van der Waals surface area contributed by atoms with Crippen molar-refractivity contribution in [1.29, 1.82) is 0 Å². The topological polar surface area (TPSA) is 20.2 Å². The molecule has 0 heterocycles. The summed E-state index contributed by atoms with van der Waals surface area (Å²) < 4.78 is 100. The van der Waals surface area contributed by atoms with E-state index in [2.05, 4.69) is 0 Å². The minimum atomic E-state index is -6.07. The summed E-state index contributed by atoms with van der Waals surface area (Å²) in [7, 11) is 0. The molecule has 0 amide bonds. The summed E-state index contributed by atoms with van der Waals surface area (Å²) in [5.41, 5.74) is -7.18. The Labute approximate surface area is 94.6 Å². The summed E-state index contributed by atoms with van der Waals surface area (Å²) in [6.07, 6.45) is -10.7. The summed E-state index contributed by atoms with van der Waals surface area (Å²) in [6.45, 7) is 0. The van der Waals surface area contributed by atoms with Crippen molar-refractivity contribution in [3.05, 3.63) is 29.3 Å². The lowest BCUT2D eigenvalue weighted by Gasteiger charge is -2.27. The fraction of sp³-hybridized carbons (Fsp3) is 0.333. The van der Waals surface area contributed by atoms with Crippen molar-refractivity contribution in [3.8, 4) is 5.75 Å². The smallest absolute Gasteiger partial charge is 0.432 e. The van der Waals surface area contributed by atoms with E-state index < -0.39 is 41.2 Å². The van der Waals surface area contributed by atoms with Crippen LogP contribution in [0.1, 0.15) is 5.56 Å². The summed E-state index contributed by atoms with van der Waals surface area (Å²) in [4.78, 5) is 0. The minimum Gasteiger partial charge on any atom is -0.503 e. The first-order valence-electron chi connectivity index (χ1n) is 4.24. The van der Waals surface area contributed by atoms with Crippen LogP contribution in [-0.2, 0) is 5.67 Å². The monoisotopic (exact) mass is 280 g/mol. The van der Waals surface area contributed by atoms with E-state index in [9.17, 15) is 35.1 Å². The van der Waals surface area contributed by atoms with Gasteiger partial charge in [0.1, 0.15) is 0 Å².